The van der Waals surface area contributed by atoms with E-state index in [0.29, 0.717) is 32.3 Å². The molecule has 0 aliphatic carbocycles. The summed E-state index contributed by atoms with van der Waals surface area (Å²) in [6, 6.07) is 18.3. The number of carbonyl (C=O) groups is 2. The van der Waals surface area contributed by atoms with Crippen molar-refractivity contribution in [3.63, 3.8) is 0 Å². The summed E-state index contributed by atoms with van der Waals surface area (Å²) in [6.45, 7) is 0.287. The van der Waals surface area contributed by atoms with Gasteiger partial charge in [0.15, 0.2) is 5.82 Å². The highest BCUT2D eigenvalue weighted by Crippen LogP contribution is 2.27. The van der Waals surface area contributed by atoms with E-state index in [2.05, 4.69) is 20.8 Å². The van der Waals surface area contributed by atoms with Crippen LogP contribution in [0.4, 0.5) is 10.6 Å². The second-order valence-electron chi connectivity index (χ2n) is 6.59. The Bertz CT molecular complexity index is 1260. The van der Waals surface area contributed by atoms with Gasteiger partial charge in [-0.1, -0.05) is 47.5 Å². The minimum absolute atomic E-state index is 0.272. The summed E-state index contributed by atoms with van der Waals surface area (Å²) in [4.78, 5) is 24.4. The van der Waals surface area contributed by atoms with Crippen LogP contribution in [0, 0.1) is 0 Å². The quantitative estimate of drug-likeness (QED) is 0.375. The molecular formula is C22H16Cl2N4O3. The minimum atomic E-state index is -0.690. The molecule has 156 valence electrons. The number of aromatic nitrogens is 2. The lowest BCUT2D eigenvalue weighted by Gasteiger charge is -2.08. The molecule has 0 bridgehead atoms. The zero-order valence-electron chi connectivity index (χ0n) is 16.0. The number of aromatic amines is 1. The Kier molecular flexibility index (Phi) is 6.06. The number of halogens is 2. The first kappa shape index (κ1) is 20.7. The molecule has 0 fully saturated rings. The number of nitrogens with zero attached hydrogens (tertiary/aromatic N) is 1. The number of hydrogen-bond donors (Lipinski definition) is 3. The summed E-state index contributed by atoms with van der Waals surface area (Å²) >= 11 is 12.0. The van der Waals surface area contributed by atoms with E-state index in [9.17, 15) is 9.59 Å². The van der Waals surface area contributed by atoms with Crippen LogP contribution in [-0.2, 0) is 6.61 Å². The molecule has 3 N–H and O–H groups in total. The highest BCUT2D eigenvalue weighted by molar-refractivity contribution is 6.42. The van der Waals surface area contributed by atoms with E-state index in [0.717, 1.165) is 5.56 Å². The van der Waals surface area contributed by atoms with Crippen molar-refractivity contribution in [3.8, 4) is 5.75 Å². The normalized spacial score (nSPS) is 10.6. The molecule has 0 unspecified atom stereocenters. The average molecular weight is 455 g/mol. The number of H-pyrrole nitrogens is 1. The number of amides is 3. The topological polar surface area (TPSA) is 96.1 Å². The number of carbonyl (C=O) groups excluding carboxylic acids is 2. The van der Waals surface area contributed by atoms with Crippen molar-refractivity contribution in [3.05, 3.63) is 87.9 Å². The number of ether oxygens (including phenoxy) is 1. The summed E-state index contributed by atoms with van der Waals surface area (Å²) < 4.78 is 5.82. The summed E-state index contributed by atoms with van der Waals surface area (Å²) in [6.07, 6.45) is 0. The number of benzene rings is 3. The highest BCUT2D eigenvalue weighted by Gasteiger charge is 2.14. The first-order valence-electron chi connectivity index (χ1n) is 9.22. The Morgan fingerprint density at radius 3 is 2.55 bits per heavy atom. The third-order valence-corrected chi connectivity index (χ3v) is 5.16. The second-order valence-corrected chi connectivity index (χ2v) is 7.41. The van der Waals surface area contributed by atoms with Gasteiger partial charge in [0, 0.05) is 10.9 Å². The monoisotopic (exact) mass is 454 g/mol. The Morgan fingerprint density at radius 2 is 1.77 bits per heavy atom. The van der Waals surface area contributed by atoms with Crippen LogP contribution in [0.25, 0.3) is 10.9 Å². The van der Waals surface area contributed by atoms with Gasteiger partial charge in [0.05, 0.1) is 15.6 Å². The Hall–Kier alpha value is -3.55. The van der Waals surface area contributed by atoms with Crippen LogP contribution >= 0.6 is 23.2 Å². The maximum absolute atomic E-state index is 12.2. The molecule has 9 heteroatoms. The van der Waals surface area contributed by atoms with Gasteiger partial charge in [-0.15, -0.1) is 0 Å². The summed E-state index contributed by atoms with van der Waals surface area (Å²) in [5, 5.41) is 13.3. The van der Waals surface area contributed by atoms with Crippen LogP contribution in [0.3, 0.4) is 0 Å². The lowest BCUT2D eigenvalue weighted by Crippen LogP contribution is -2.34. The maximum atomic E-state index is 12.2. The van der Waals surface area contributed by atoms with Crippen LogP contribution in [0.15, 0.2) is 66.7 Å². The van der Waals surface area contributed by atoms with Gasteiger partial charge in [0.1, 0.15) is 12.4 Å². The molecule has 0 atom stereocenters. The van der Waals surface area contributed by atoms with Gasteiger partial charge < -0.3 is 4.74 Å². The molecule has 4 rings (SSSR count). The van der Waals surface area contributed by atoms with E-state index in [1.807, 2.05) is 6.07 Å². The van der Waals surface area contributed by atoms with Crippen molar-refractivity contribution in [1.29, 1.82) is 0 Å². The van der Waals surface area contributed by atoms with E-state index in [-0.39, 0.29) is 12.4 Å². The molecular weight excluding hydrogens is 439 g/mol. The Balaban J connectivity index is 1.44. The van der Waals surface area contributed by atoms with Crippen LogP contribution < -0.4 is 15.4 Å². The zero-order valence-corrected chi connectivity index (χ0v) is 17.5. The molecule has 0 spiro atoms. The summed E-state index contributed by atoms with van der Waals surface area (Å²) in [7, 11) is 0. The van der Waals surface area contributed by atoms with E-state index < -0.39 is 11.9 Å². The molecule has 0 saturated heterocycles. The number of imide groups is 1. The lowest BCUT2D eigenvalue weighted by molar-refractivity contribution is 0.0967. The molecule has 0 saturated carbocycles. The number of rotatable bonds is 5. The van der Waals surface area contributed by atoms with Crippen LogP contribution in [0.2, 0.25) is 10.0 Å². The Morgan fingerprint density at radius 1 is 0.968 bits per heavy atom. The smallest absolute Gasteiger partial charge is 0.327 e. The first-order chi connectivity index (χ1) is 15.0. The molecule has 3 aromatic carbocycles. The summed E-state index contributed by atoms with van der Waals surface area (Å²) in [5.74, 6) is 0.334. The van der Waals surface area contributed by atoms with Gasteiger partial charge in [-0.3, -0.25) is 20.5 Å². The standard InChI is InChI=1S/C22H16Cl2N4O3/c23-17-8-6-13(10-18(17)24)12-31-15-7-9-19-16(11-15)20(28-27-19)25-22(30)26-21(29)14-4-2-1-3-5-14/h1-11H,12H2,(H3,25,26,27,28,29,30). The molecule has 7 nitrogen and oxygen atoms in total. The Labute approximate surface area is 187 Å². The SMILES string of the molecule is O=C(NC(=O)c1ccccc1)Nc1n[nH]c2ccc(OCc3ccc(Cl)c(Cl)c3)cc12. The van der Waals surface area contributed by atoms with Gasteiger partial charge >= 0.3 is 6.03 Å². The van der Waals surface area contributed by atoms with E-state index in [1.165, 1.54) is 0 Å². The molecule has 31 heavy (non-hydrogen) atoms. The predicted molar refractivity (Wildman–Crippen MR) is 120 cm³/mol. The van der Waals surface area contributed by atoms with Crippen molar-refractivity contribution in [2.75, 3.05) is 5.32 Å². The maximum Gasteiger partial charge on any atom is 0.327 e. The van der Waals surface area contributed by atoms with Gasteiger partial charge in [-0.05, 0) is 48.0 Å². The van der Waals surface area contributed by atoms with Crippen molar-refractivity contribution in [2.24, 2.45) is 0 Å². The first-order valence-corrected chi connectivity index (χ1v) is 9.97. The zero-order chi connectivity index (χ0) is 21.8. The third kappa shape index (κ3) is 4.96. The van der Waals surface area contributed by atoms with Gasteiger partial charge in [-0.2, -0.15) is 5.10 Å². The average Bonchev–Trinajstić information content (AvgIpc) is 3.17. The van der Waals surface area contributed by atoms with Crippen molar-refractivity contribution < 1.29 is 14.3 Å². The molecule has 0 aliphatic rings. The van der Waals surface area contributed by atoms with Crippen LogP contribution in [0.1, 0.15) is 15.9 Å². The number of hydrogen-bond acceptors (Lipinski definition) is 4. The predicted octanol–water partition coefficient (Wildman–Crippen LogP) is 5.41. The molecule has 1 heterocycles. The molecule has 0 radical (unpaired) electrons. The fraction of sp³-hybridized carbons (Fsp3) is 0.0455. The molecule has 3 amide bonds. The van der Waals surface area contributed by atoms with Crippen LogP contribution in [-0.4, -0.2) is 22.1 Å². The van der Waals surface area contributed by atoms with Gasteiger partial charge in [0.25, 0.3) is 5.91 Å². The van der Waals surface area contributed by atoms with Crippen molar-refractivity contribution in [2.45, 2.75) is 6.61 Å². The van der Waals surface area contributed by atoms with Gasteiger partial charge in [0.2, 0.25) is 0 Å². The van der Waals surface area contributed by atoms with E-state index in [4.69, 9.17) is 27.9 Å². The van der Waals surface area contributed by atoms with Crippen molar-refractivity contribution in [1.82, 2.24) is 15.5 Å². The summed E-state index contributed by atoms with van der Waals surface area (Å²) in [5.41, 5.74) is 1.94. The fourth-order valence-corrected chi connectivity index (χ4v) is 3.20. The second kappa shape index (κ2) is 9.07. The largest absolute Gasteiger partial charge is 0.489 e. The van der Waals surface area contributed by atoms with Crippen molar-refractivity contribution >= 4 is 51.9 Å². The fourth-order valence-electron chi connectivity index (χ4n) is 2.88. The highest BCUT2D eigenvalue weighted by atomic mass is 35.5. The van der Waals surface area contributed by atoms with Gasteiger partial charge in [-0.25, -0.2) is 4.79 Å². The molecule has 0 aliphatic heterocycles. The molecule has 1 aromatic heterocycles. The lowest BCUT2D eigenvalue weighted by atomic mass is 10.2. The number of fused-ring (bicyclic) bond motifs is 1. The minimum Gasteiger partial charge on any atom is -0.489 e. The number of nitrogens with one attached hydrogen (secondary N) is 3. The number of anilines is 1. The third-order valence-electron chi connectivity index (χ3n) is 4.42. The van der Waals surface area contributed by atoms with E-state index >= 15 is 0 Å². The van der Waals surface area contributed by atoms with E-state index in [1.54, 1.807) is 60.7 Å². The van der Waals surface area contributed by atoms with Crippen LogP contribution in [0.5, 0.6) is 5.75 Å². The number of urea groups is 1. The molecule has 4 aromatic rings.